The molecule has 5 heteroatoms. The van der Waals surface area contributed by atoms with Gasteiger partial charge in [0.1, 0.15) is 12.4 Å². The molecule has 1 rings (SSSR count). The Bertz CT molecular complexity index is 318. The van der Waals surface area contributed by atoms with Gasteiger partial charge in [-0.25, -0.2) is 8.78 Å². The zero-order chi connectivity index (χ0) is 11.3. The highest BCUT2D eigenvalue weighted by molar-refractivity contribution is 9.10. The van der Waals surface area contributed by atoms with Crippen molar-refractivity contribution < 1.29 is 18.3 Å². The van der Waals surface area contributed by atoms with Crippen LogP contribution in [0.5, 0.6) is 5.75 Å². The molecule has 0 aromatic heterocycles. The second-order valence-electron chi connectivity index (χ2n) is 2.86. The monoisotopic (exact) mass is 280 g/mol. The molecular formula is C10H11BrF2O2. The number of alkyl halides is 2. The van der Waals surface area contributed by atoms with Crippen LogP contribution in [0, 0.1) is 0 Å². The van der Waals surface area contributed by atoms with E-state index < -0.39 is 13.0 Å². The van der Waals surface area contributed by atoms with E-state index in [1.54, 1.807) is 25.3 Å². The van der Waals surface area contributed by atoms with E-state index in [4.69, 9.17) is 9.47 Å². The zero-order valence-corrected chi connectivity index (χ0v) is 9.76. The predicted octanol–water partition coefficient (Wildman–Crippen LogP) is 3.24. The Morgan fingerprint density at radius 3 is 2.73 bits per heavy atom. The molecule has 0 aliphatic heterocycles. The number of ether oxygens (including phenoxy) is 2. The van der Waals surface area contributed by atoms with E-state index in [2.05, 4.69) is 15.9 Å². The Balaban J connectivity index is 2.59. The number of methoxy groups -OCH3 is 1. The third kappa shape index (κ3) is 4.13. The first-order chi connectivity index (χ1) is 7.13. The summed E-state index contributed by atoms with van der Waals surface area (Å²) in [5.41, 5.74) is 0.787. The Morgan fingerprint density at radius 1 is 1.40 bits per heavy atom. The molecule has 0 bridgehead atoms. The van der Waals surface area contributed by atoms with Gasteiger partial charge in [-0.15, -0.1) is 0 Å². The van der Waals surface area contributed by atoms with Gasteiger partial charge in [-0.1, -0.05) is 15.9 Å². The summed E-state index contributed by atoms with van der Waals surface area (Å²) < 4.78 is 34.3. The minimum atomic E-state index is -2.44. The van der Waals surface area contributed by atoms with Crippen LogP contribution in [0.15, 0.2) is 22.7 Å². The van der Waals surface area contributed by atoms with Gasteiger partial charge in [-0.05, 0) is 23.8 Å². The lowest BCUT2D eigenvalue weighted by Gasteiger charge is -2.07. The van der Waals surface area contributed by atoms with Gasteiger partial charge in [-0.3, -0.25) is 0 Å². The number of rotatable bonds is 5. The maximum atomic E-state index is 11.8. The lowest BCUT2D eigenvalue weighted by atomic mass is 10.2. The molecule has 0 atom stereocenters. The molecule has 0 N–H and O–H groups in total. The molecule has 0 aliphatic rings. The molecule has 2 nitrogen and oxygen atoms in total. The standard InChI is InChI=1S/C10H11BrF2O2/c1-14-8-2-3-9(11)7(4-8)5-15-6-10(12)13/h2-4,10H,5-6H2,1H3. The van der Waals surface area contributed by atoms with Crippen molar-refractivity contribution in [2.45, 2.75) is 13.0 Å². The third-order valence-electron chi connectivity index (χ3n) is 1.75. The maximum absolute atomic E-state index is 11.8. The van der Waals surface area contributed by atoms with E-state index in [9.17, 15) is 8.78 Å². The summed E-state index contributed by atoms with van der Waals surface area (Å²) >= 11 is 3.30. The molecule has 15 heavy (non-hydrogen) atoms. The van der Waals surface area contributed by atoms with Crippen molar-refractivity contribution in [2.75, 3.05) is 13.7 Å². The molecule has 0 aliphatic carbocycles. The van der Waals surface area contributed by atoms with Gasteiger partial charge in [0.2, 0.25) is 0 Å². The van der Waals surface area contributed by atoms with Crippen molar-refractivity contribution in [3.8, 4) is 5.75 Å². The molecule has 0 saturated heterocycles. The maximum Gasteiger partial charge on any atom is 0.261 e. The molecule has 0 unspecified atom stereocenters. The molecule has 0 heterocycles. The van der Waals surface area contributed by atoms with E-state index in [1.807, 2.05) is 0 Å². The lowest BCUT2D eigenvalue weighted by molar-refractivity contribution is 0.00967. The van der Waals surface area contributed by atoms with Gasteiger partial charge in [0.25, 0.3) is 6.43 Å². The summed E-state index contributed by atoms with van der Waals surface area (Å²) in [5, 5.41) is 0. The molecular weight excluding hydrogens is 270 g/mol. The summed E-state index contributed by atoms with van der Waals surface area (Å²) in [6.45, 7) is -0.411. The normalized spacial score (nSPS) is 10.7. The second kappa shape index (κ2) is 6.02. The predicted molar refractivity (Wildman–Crippen MR) is 56.4 cm³/mol. The van der Waals surface area contributed by atoms with Crippen molar-refractivity contribution in [3.63, 3.8) is 0 Å². The van der Waals surface area contributed by atoms with E-state index in [0.29, 0.717) is 5.75 Å². The first kappa shape index (κ1) is 12.4. The summed E-state index contributed by atoms with van der Waals surface area (Å²) in [6, 6.07) is 5.32. The minimum Gasteiger partial charge on any atom is -0.497 e. The smallest absolute Gasteiger partial charge is 0.261 e. The van der Waals surface area contributed by atoms with Crippen LogP contribution in [0.4, 0.5) is 8.78 Å². The van der Waals surface area contributed by atoms with Crippen LogP contribution < -0.4 is 4.74 Å². The average Bonchev–Trinajstić information content (AvgIpc) is 2.20. The largest absolute Gasteiger partial charge is 0.497 e. The number of hydrogen-bond acceptors (Lipinski definition) is 2. The van der Waals surface area contributed by atoms with Crippen molar-refractivity contribution in [1.82, 2.24) is 0 Å². The summed E-state index contributed by atoms with van der Waals surface area (Å²) in [7, 11) is 1.55. The second-order valence-corrected chi connectivity index (χ2v) is 3.72. The van der Waals surface area contributed by atoms with E-state index in [-0.39, 0.29) is 6.61 Å². The first-order valence-corrected chi connectivity index (χ1v) is 5.11. The van der Waals surface area contributed by atoms with E-state index in [0.717, 1.165) is 10.0 Å². The van der Waals surface area contributed by atoms with Gasteiger partial charge >= 0.3 is 0 Å². The fraction of sp³-hybridized carbons (Fsp3) is 0.400. The summed E-state index contributed by atoms with van der Waals surface area (Å²) in [5.74, 6) is 0.675. The Kier molecular flexibility index (Phi) is 4.98. The summed E-state index contributed by atoms with van der Waals surface area (Å²) in [4.78, 5) is 0. The Hall–Kier alpha value is -0.680. The fourth-order valence-electron chi connectivity index (χ4n) is 1.05. The Morgan fingerprint density at radius 2 is 2.13 bits per heavy atom. The molecule has 0 spiro atoms. The SMILES string of the molecule is COc1ccc(Br)c(COCC(F)F)c1. The first-order valence-electron chi connectivity index (χ1n) is 4.31. The van der Waals surface area contributed by atoms with Crippen molar-refractivity contribution in [1.29, 1.82) is 0 Å². The Labute approximate surface area is 95.3 Å². The third-order valence-corrected chi connectivity index (χ3v) is 2.53. The van der Waals surface area contributed by atoms with Crippen molar-refractivity contribution in [2.24, 2.45) is 0 Å². The molecule has 0 fully saturated rings. The van der Waals surface area contributed by atoms with Crippen LogP contribution in [-0.2, 0) is 11.3 Å². The number of benzene rings is 1. The zero-order valence-electron chi connectivity index (χ0n) is 8.17. The average molecular weight is 281 g/mol. The lowest BCUT2D eigenvalue weighted by Crippen LogP contribution is -2.04. The van der Waals surface area contributed by atoms with E-state index >= 15 is 0 Å². The van der Waals surface area contributed by atoms with Crippen LogP contribution in [0.25, 0.3) is 0 Å². The quantitative estimate of drug-likeness (QED) is 0.825. The number of hydrogen-bond donors (Lipinski definition) is 0. The molecule has 84 valence electrons. The van der Waals surface area contributed by atoms with Crippen LogP contribution in [0.1, 0.15) is 5.56 Å². The van der Waals surface area contributed by atoms with Crippen molar-refractivity contribution >= 4 is 15.9 Å². The number of halogens is 3. The minimum absolute atomic E-state index is 0.141. The van der Waals surface area contributed by atoms with Crippen LogP contribution >= 0.6 is 15.9 Å². The molecule has 0 saturated carbocycles. The molecule has 0 radical (unpaired) electrons. The van der Waals surface area contributed by atoms with Crippen LogP contribution in [0.3, 0.4) is 0 Å². The van der Waals surface area contributed by atoms with Crippen LogP contribution in [0.2, 0.25) is 0 Å². The van der Waals surface area contributed by atoms with Gasteiger partial charge in [0.05, 0.1) is 13.7 Å². The van der Waals surface area contributed by atoms with Crippen molar-refractivity contribution in [3.05, 3.63) is 28.2 Å². The highest BCUT2D eigenvalue weighted by Gasteiger charge is 2.05. The van der Waals surface area contributed by atoms with Gasteiger partial charge in [0.15, 0.2) is 0 Å². The van der Waals surface area contributed by atoms with Gasteiger partial charge < -0.3 is 9.47 Å². The van der Waals surface area contributed by atoms with Gasteiger partial charge in [0, 0.05) is 4.47 Å². The van der Waals surface area contributed by atoms with Gasteiger partial charge in [-0.2, -0.15) is 0 Å². The fourth-order valence-corrected chi connectivity index (χ4v) is 1.41. The summed E-state index contributed by atoms with van der Waals surface area (Å²) in [6.07, 6.45) is -2.44. The molecule has 0 amide bonds. The molecule has 1 aromatic rings. The topological polar surface area (TPSA) is 18.5 Å². The van der Waals surface area contributed by atoms with E-state index in [1.165, 1.54) is 0 Å². The highest BCUT2D eigenvalue weighted by atomic mass is 79.9. The molecule has 1 aromatic carbocycles. The van der Waals surface area contributed by atoms with Crippen LogP contribution in [-0.4, -0.2) is 20.1 Å². The highest BCUT2D eigenvalue weighted by Crippen LogP contribution is 2.23.